The number of terminal acetylenes is 2. The van der Waals surface area contributed by atoms with Crippen molar-refractivity contribution in [2.24, 2.45) is 5.92 Å². The Balaban J connectivity index is 3.42. The maximum atomic E-state index is 13.6. The zero-order chi connectivity index (χ0) is 26.3. The van der Waals surface area contributed by atoms with Gasteiger partial charge in [0.2, 0.25) is 5.91 Å². The second kappa shape index (κ2) is 11.6. The van der Waals surface area contributed by atoms with Crippen LogP contribution in [0, 0.1) is 30.7 Å². The molecule has 0 aliphatic rings. The Labute approximate surface area is 204 Å². The average Bonchev–Trinajstić information content (AvgIpc) is 2.68. The molecule has 184 valence electrons. The number of hydrogen-bond acceptors (Lipinski definition) is 4. The van der Waals surface area contributed by atoms with Crippen molar-refractivity contribution in [2.75, 3.05) is 0 Å². The van der Waals surface area contributed by atoms with Gasteiger partial charge in [0.25, 0.3) is 5.91 Å². The fourth-order valence-corrected chi connectivity index (χ4v) is 3.19. The first kappa shape index (κ1) is 28.6. The number of benzene rings is 1. The van der Waals surface area contributed by atoms with Gasteiger partial charge in [-0.05, 0) is 71.6 Å². The molecule has 7 nitrogen and oxygen atoms in total. The van der Waals surface area contributed by atoms with Crippen LogP contribution in [-0.2, 0) is 14.3 Å². The third-order valence-corrected chi connectivity index (χ3v) is 4.47. The van der Waals surface area contributed by atoms with Crippen molar-refractivity contribution in [1.82, 2.24) is 15.5 Å². The van der Waals surface area contributed by atoms with Gasteiger partial charge >= 0.3 is 6.09 Å². The van der Waals surface area contributed by atoms with Crippen molar-refractivity contribution in [2.45, 2.75) is 85.0 Å². The molecule has 0 bridgehead atoms. The zero-order valence-corrected chi connectivity index (χ0v) is 21.5. The molecule has 3 amide bonds. The highest BCUT2D eigenvalue weighted by Crippen LogP contribution is 2.24. The maximum absolute atomic E-state index is 13.6. The van der Waals surface area contributed by atoms with E-state index in [-0.39, 0.29) is 5.92 Å². The molecule has 1 rings (SSSR count). The van der Waals surface area contributed by atoms with Gasteiger partial charge < -0.3 is 15.4 Å². The monoisotopic (exact) mass is 467 g/mol. The van der Waals surface area contributed by atoms with Gasteiger partial charge in [0.05, 0.1) is 0 Å². The SMILES string of the molecule is C#Cc1ccc(C(C(=O)NC(C)(C)C)N(C#C)C(=O)C(CC(C)C)NC(=O)OC(C)(C)C)cc1. The van der Waals surface area contributed by atoms with Gasteiger partial charge in [-0.25, -0.2) is 4.79 Å². The normalized spacial score (nSPS) is 13.1. The van der Waals surface area contributed by atoms with Crippen molar-refractivity contribution >= 4 is 17.9 Å². The van der Waals surface area contributed by atoms with Gasteiger partial charge in [-0.1, -0.05) is 38.3 Å². The summed E-state index contributed by atoms with van der Waals surface area (Å²) in [5, 5.41) is 5.51. The minimum atomic E-state index is -1.13. The van der Waals surface area contributed by atoms with Crippen LogP contribution in [0.2, 0.25) is 0 Å². The van der Waals surface area contributed by atoms with Crippen LogP contribution in [0.3, 0.4) is 0 Å². The number of nitrogens with zero attached hydrogens (tertiary/aromatic N) is 1. The molecule has 0 fully saturated rings. The third-order valence-electron chi connectivity index (χ3n) is 4.47. The molecule has 0 aromatic heterocycles. The fourth-order valence-electron chi connectivity index (χ4n) is 3.19. The highest BCUT2D eigenvalue weighted by molar-refractivity contribution is 5.93. The summed E-state index contributed by atoms with van der Waals surface area (Å²) in [4.78, 5) is 40.4. The van der Waals surface area contributed by atoms with E-state index in [1.165, 1.54) is 0 Å². The van der Waals surface area contributed by atoms with Gasteiger partial charge in [-0.3, -0.25) is 14.5 Å². The maximum Gasteiger partial charge on any atom is 0.408 e. The number of alkyl carbamates (subject to hydrolysis) is 1. The summed E-state index contributed by atoms with van der Waals surface area (Å²) in [7, 11) is 0. The van der Waals surface area contributed by atoms with E-state index < -0.39 is 41.1 Å². The smallest absolute Gasteiger partial charge is 0.408 e. The van der Waals surface area contributed by atoms with Gasteiger partial charge in [0.15, 0.2) is 0 Å². The molecule has 0 radical (unpaired) electrons. The molecule has 2 atom stereocenters. The van der Waals surface area contributed by atoms with E-state index in [1.807, 2.05) is 34.6 Å². The fraction of sp³-hybridized carbons (Fsp3) is 0.519. The first-order valence-corrected chi connectivity index (χ1v) is 11.3. The van der Waals surface area contributed by atoms with Gasteiger partial charge in [0, 0.05) is 17.1 Å². The summed E-state index contributed by atoms with van der Waals surface area (Å²) in [5.74, 6) is 1.54. The lowest BCUT2D eigenvalue weighted by Crippen LogP contribution is -2.53. The number of carbonyl (C=O) groups excluding carboxylic acids is 3. The number of nitrogens with one attached hydrogen (secondary N) is 2. The molecular formula is C27H37N3O4. The van der Waals surface area contributed by atoms with Crippen LogP contribution in [0.1, 0.15) is 79.0 Å². The molecule has 0 heterocycles. The Morgan fingerprint density at radius 3 is 2.00 bits per heavy atom. The molecule has 0 saturated heterocycles. The summed E-state index contributed by atoms with van der Waals surface area (Å²) in [6.45, 7) is 14.5. The molecule has 2 N–H and O–H groups in total. The molecule has 1 aromatic carbocycles. The molecule has 1 aromatic rings. The van der Waals surface area contributed by atoms with E-state index in [0.717, 1.165) is 4.90 Å². The van der Waals surface area contributed by atoms with Crippen LogP contribution in [0.4, 0.5) is 4.79 Å². The van der Waals surface area contributed by atoms with E-state index in [1.54, 1.807) is 45.0 Å². The molecule has 2 unspecified atom stereocenters. The standard InChI is InChI=1S/C27H37N3O4/c1-11-19-13-15-20(16-14-19)22(23(31)29-26(5,6)7)30(12-2)24(32)21(17-18(3)4)28-25(33)34-27(8,9)10/h1-2,13-16,18,21-22H,17H2,3-10H3,(H,28,33)(H,29,31). The van der Waals surface area contributed by atoms with Crippen LogP contribution in [0.25, 0.3) is 0 Å². The molecule has 0 spiro atoms. The lowest BCUT2D eigenvalue weighted by molar-refractivity contribution is -0.139. The van der Waals surface area contributed by atoms with Crippen molar-refractivity contribution in [3.8, 4) is 24.8 Å². The van der Waals surface area contributed by atoms with Crippen molar-refractivity contribution in [1.29, 1.82) is 0 Å². The van der Waals surface area contributed by atoms with Crippen molar-refractivity contribution in [3.05, 3.63) is 35.4 Å². The third kappa shape index (κ3) is 9.19. The zero-order valence-electron chi connectivity index (χ0n) is 21.5. The first-order valence-electron chi connectivity index (χ1n) is 11.3. The van der Waals surface area contributed by atoms with E-state index >= 15 is 0 Å². The topological polar surface area (TPSA) is 87.7 Å². The second-order valence-corrected chi connectivity index (χ2v) is 10.6. The first-order chi connectivity index (χ1) is 15.6. The van der Waals surface area contributed by atoms with Crippen LogP contribution < -0.4 is 10.6 Å². The molecule has 0 aliphatic carbocycles. The molecular weight excluding hydrogens is 430 g/mol. The summed E-state index contributed by atoms with van der Waals surface area (Å²) >= 11 is 0. The Morgan fingerprint density at radius 2 is 1.59 bits per heavy atom. The van der Waals surface area contributed by atoms with Crippen LogP contribution >= 0.6 is 0 Å². The van der Waals surface area contributed by atoms with E-state index in [9.17, 15) is 14.4 Å². The molecule has 7 heteroatoms. The van der Waals surface area contributed by atoms with Gasteiger partial charge in [0.1, 0.15) is 17.7 Å². The van der Waals surface area contributed by atoms with Crippen molar-refractivity contribution in [3.63, 3.8) is 0 Å². The lowest BCUT2D eigenvalue weighted by atomic mass is 9.98. The minimum Gasteiger partial charge on any atom is -0.444 e. The molecule has 0 saturated carbocycles. The summed E-state index contributed by atoms with van der Waals surface area (Å²) in [6, 6.07) is 6.93. The number of hydrogen-bond donors (Lipinski definition) is 2. The number of carbonyl (C=O) groups is 3. The largest absolute Gasteiger partial charge is 0.444 e. The Kier molecular flexibility index (Phi) is 9.76. The number of ether oxygens (including phenoxy) is 1. The van der Waals surface area contributed by atoms with E-state index in [0.29, 0.717) is 17.5 Å². The van der Waals surface area contributed by atoms with Gasteiger partial charge in [-0.2, -0.15) is 0 Å². The Hall–Kier alpha value is -3.45. The number of amides is 3. The highest BCUT2D eigenvalue weighted by Gasteiger charge is 2.37. The predicted molar refractivity (Wildman–Crippen MR) is 133 cm³/mol. The Morgan fingerprint density at radius 1 is 1.03 bits per heavy atom. The van der Waals surface area contributed by atoms with E-state index in [2.05, 4.69) is 22.6 Å². The minimum absolute atomic E-state index is 0.0558. The van der Waals surface area contributed by atoms with Crippen LogP contribution in [-0.4, -0.2) is 40.0 Å². The highest BCUT2D eigenvalue weighted by atomic mass is 16.6. The van der Waals surface area contributed by atoms with E-state index in [4.69, 9.17) is 17.6 Å². The summed E-state index contributed by atoms with van der Waals surface area (Å²) in [5.41, 5.74) is -0.187. The predicted octanol–water partition coefficient (Wildman–Crippen LogP) is 3.98. The average molecular weight is 468 g/mol. The number of rotatable bonds is 7. The second-order valence-electron chi connectivity index (χ2n) is 10.6. The lowest BCUT2D eigenvalue weighted by Gasteiger charge is -2.32. The van der Waals surface area contributed by atoms with Gasteiger partial charge in [-0.15, -0.1) is 6.42 Å². The molecule has 0 aliphatic heterocycles. The Bertz CT molecular complexity index is 954. The molecule has 34 heavy (non-hydrogen) atoms. The van der Waals surface area contributed by atoms with Crippen LogP contribution in [0.5, 0.6) is 0 Å². The van der Waals surface area contributed by atoms with Crippen LogP contribution in [0.15, 0.2) is 24.3 Å². The quantitative estimate of drug-likeness (QED) is 0.469. The summed E-state index contributed by atoms with van der Waals surface area (Å²) in [6.07, 6.45) is 10.8. The van der Waals surface area contributed by atoms with Crippen molar-refractivity contribution < 1.29 is 19.1 Å². The summed E-state index contributed by atoms with van der Waals surface area (Å²) < 4.78 is 5.33.